The van der Waals surface area contributed by atoms with E-state index in [-0.39, 0.29) is 6.29 Å². The normalized spacial score (nSPS) is 41.3. The third kappa shape index (κ3) is 1.61. The summed E-state index contributed by atoms with van der Waals surface area (Å²) in [7, 11) is 0. The van der Waals surface area contributed by atoms with Crippen LogP contribution >= 0.6 is 0 Å². The van der Waals surface area contributed by atoms with Crippen molar-refractivity contribution in [3.8, 4) is 0 Å². The van der Waals surface area contributed by atoms with Gasteiger partial charge in [-0.2, -0.15) is 0 Å². The number of allylic oxidation sites excluding steroid dienone is 2. The first kappa shape index (κ1) is 8.93. The predicted molar refractivity (Wildman–Crippen MR) is 53.8 cm³/mol. The van der Waals surface area contributed by atoms with Crippen molar-refractivity contribution in [3.63, 3.8) is 0 Å². The summed E-state index contributed by atoms with van der Waals surface area (Å²) in [6.07, 6.45) is 10.2. The Balaban J connectivity index is 1.47. The summed E-state index contributed by atoms with van der Waals surface area (Å²) in [5.41, 5.74) is 0. The average Bonchev–Trinajstić information content (AvgIpc) is 2.91. The van der Waals surface area contributed by atoms with Crippen molar-refractivity contribution >= 4 is 0 Å². The molecule has 0 amide bonds. The summed E-state index contributed by atoms with van der Waals surface area (Å²) in [6.45, 7) is 1.59. The van der Waals surface area contributed by atoms with Gasteiger partial charge in [0.2, 0.25) is 0 Å². The number of fused-ring (bicyclic) bond motifs is 2. The quantitative estimate of drug-likeness (QED) is 0.642. The summed E-state index contributed by atoms with van der Waals surface area (Å²) < 4.78 is 10.9. The van der Waals surface area contributed by atoms with E-state index in [2.05, 4.69) is 12.2 Å². The highest BCUT2D eigenvalue weighted by Crippen LogP contribution is 2.45. The highest BCUT2D eigenvalue weighted by atomic mass is 16.7. The lowest BCUT2D eigenvalue weighted by Gasteiger charge is -2.19. The van der Waals surface area contributed by atoms with Gasteiger partial charge in [-0.1, -0.05) is 12.2 Å². The molecule has 78 valence electrons. The zero-order valence-corrected chi connectivity index (χ0v) is 8.52. The van der Waals surface area contributed by atoms with Crippen LogP contribution in [-0.4, -0.2) is 19.5 Å². The summed E-state index contributed by atoms with van der Waals surface area (Å²) in [5.74, 6) is 2.69. The predicted octanol–water partition coefficient (Wildman–Crippen LogP) is 2.35. The standard InChI is InChI=1S/C12H18O2/c1-2-10-7-9(1)8-11(10)3-4-12-13-5-6-14-12/h1-2,9-12H,3-8H2. The van der Waals surface area contributed by atoms with Gasteiger partial charge in [0, 0.05) is 0 Å². The van der Waals surface area contributed by atoms with E-state index >= 15 is 0 Å². The van der Waals surface area contributed by atoms with Gasteiger partial charge in [0.05, 0.1) is 13.2 Å². The van der Waals surface area contributed by atoms with Crippen LogP contribution in [0.25, 0.3) is 0 Å². The van der Waals surface area contributed by atoms with Crippen molar-refractivity contribution in [2.45, 2.75) is 32.0 Å². The van der Waals surface area contributed by atoms with Gasteiger partial charge in [-0.25, -0.2) is 0 Å². The van der Waals surface area contributed by atoms with Crippen LogP contribution in [0.15, 0.2) is 12.2 Å². The maximum Gasteiger partial charge on any atom is 0.157 e. The molecule has 1 saturated heterocycles. The molecule has 2 heteroatoms. The topological polar surface area (TPSA) is 18.5 Å². The fraction of sp³-hybridized carbons (Fsp3) is 0.833. The molecule has 2 bridgehead atoms. The molecule has 3 unspecified atom stereocenters. The molecule has 2 fully saturated rings. The summed E-state index contributed by atoms with van der Waals surface area (Å²) in [5, 5.41) is 0. The number of ether oxygens (including phenoxy) is 2. The monoisotopic (exact) mass is 194 g/mol. The largest absolute Gasteiger partial charge is 0.350 e. The molecule has 0 aromatic rings. The molecule has 0 spiro atoms. The minimum absolute atomic E-state index is 0.109. The summed E-state index contributed by atoms with van der Waals surface area (Å²) in [6, 6.07) is 0. The van der Waals surface area contributed by atoms with Crippen LogP contribution in [0.2, 0.25) is 0 Å². The van der Waals surface area contributed by atoms with Crippen molar-refractivity contribution in [2.75, 3.05) is 13.2 Å². The minimum Gasteiger partial charge on any atom is -0.350 e. The van der Waals surface area contributed by atoms with E-state index in [0.717, 1.165) is 37.4 Å². The average molecular weight is 194 g/mol. The van der Waals surface area contributed by atoms with E-state index in [1.165, 1.54) is 19.3 Å². The second-order valence-electron chi connectivity index (χ2n) is 4.79. The van der Waals surface area contributed by atoms with Gasteiger partial charge in [-0.3, -0.25) is 0 Å². The second-order valence-corrected chi connectivity index (χ2v) is 4.79. The number of hydrogen-bond acceptors (Lipinski definition) is 2. The van der Waals surface area contributed by atoms with Crippen molar-refractivity contribution < 1.29 is 9.47 Å². The second kappa shape index (κ2) is 3.67. The molecule has 0 radical (unpaired) electrons. The van der Waals surface area contributed by atoms with Crippen LogP contribution in [0.3, 0.4) is 0 Å². The molecular weight excluding hydrogens is 176 g/mol. The first-order chi connectivity index (χ1) is 6.92. The SMILES string of the molecule is C1=CC2CC1CC2CCC1OCCO1. The van der Waals surface area contributed by atoms with Crippen molar-refractivity contribution in [1.82, 2.24) is 0 Å². The summed E-state index contributed by atoms with van der Waals surface area (Å²) in [4.78, 5) is 0. The molecular formula is C12H18O2. The van der Waals surface area contributed by atoms with Crippen LogP contribution in [-0.2, 0) is 9.47 Å². The van der Waals surface area contributed by atoms with Gasteiger partial charge in [0.25, 0.3) is 0 Å². The van der Waals surface area contributed by atoms with E-state index in [1.807, 2.05) is 0 Å². The zero-order valence-electron chi connectivity index (χ0n) is 8.52. The molecule has 2 nitrogen and oxygen atoms in total. The number of rotatable bonds is 3. The molecule has 1 aliphatic heterocycles. The van der Waals surface area contributed by atoms with Gasteiger partial charge < -0.3 is 9.47 Å². The Bertz CT molecular complexity index is 230. The number of hydrogen-bond donors (Lipinski definition) is 0. The van der Waals surface area contributed by atoms with Crippen molar-refractivity contribution in [1.29, 1.82) is 0 Å². The fourth-order valence-corrected chi connectivity index (χ4v) is 3.15. The molecule has 3 rings (SSSR count). The Hall–Kier alpha value is -0.340. The maximum absolute atomic E-state index is 5.45. The van der Waals surface area contributed by atoms with Crippen LogP contribution < -0.4 is 0 Å². The molecule has 0 aromatic carbocycles. The lowest BCUT2D eigenvalue weighted by Crippen LogP contribution is -2.13. The molecule has 1 heterocycles. The molecule has 3 atom stereocenters. The maximum atomic E-state index is 5.45. The summed E-state index contributed by atoms with van der Waals surface area (Å²) >= 11 is 0. The first-order valence-corrected chi connectivity index (χ1v) is 5.83. The van der Waals surface area contributed by atoms with Gasteiger partial charge >= 0.3 is 0 Å². The van der Waals surface area contributed by atoms with E-state index < -0.39 is 0 Å². The van der Waals surface area contributed by atoms with E-state index in [0.29, 0.717) is 0 Å². The van der Waals surface area contributed by atoms with Crippen LogP contribution in [0, 0.1) is 17.8 Å². The Kier molecular flexibility index (Phi) is 2.34. The third-order valence-electron chi connectivity index (χ3n) is 3.88. The Morgan fingerprint density at radius 2 is 1.86 bits per heavy atom. The minimum atomic E-state index is 0.109. The highest BCUT2D eigenvalue weighted by molar-refractivity contribution is 5.09. The lowest BCUT2D eigenvalue weighted by molar-refractivity contribution is -0.0506. The van der Waals surface area contributed by atoms with Gasteiger partial charge in [0.15, 0.2) is 6.29 Å². The molecule has 1 saturated carbocycles. The van der Waals surface area contributed by atoms with Crippen molar-refractivity contribution in [2.24, 2.45) is 17.8 Å². The van der Waals surface area contributed by atoms with Crippen LogP contribution in [0.1, 0.15) is 25.7 Å². The lowest BCUT2D eigenvalue weighted by atomic mass is 9.89. The van der Waals surface area contributed by atoms with E-state index in [4.69, 9.17) is 9.47 Å². The van der Waals surface area contributed by atoms with E-state index in [9.17, 15) is 0 Å². The highest BCUT2D eigenvalue weighted by Gasteiger charge is 2.35. The van der Waals surface area contributed by atoms with Crippen molar-refractivity contribution in [3.05, 3.63) is 12.2 Å². The van der Waals surface area contributed by atoms with Gasteiger partial charge in [-0.05, 0) is 43.4 Å². The molecule has 0 N–H and O–H groups in total. The first-order valence-electron chi connectivity index (χ1n) is 5.83. The van der Waals surface area contributed by atoms with Gasteiger partial charge in [0.1, 0.15) is 0 Å². The molecule has 2 aliphatic carbocycles. The Morgan fingerprint density at radius 3 is 2.50 bits per heavy atom. The molecule has 0 aromatic heterocycles. The van der Waals surface area contributed by atoms with Crippen LogP contribution in [0.5, 0.6) is 0 Å². The Morgan fingerprint density at radius 1 is 1.00 bits per heavy atom. The smallest absolute Gasteiger partial charge is 0.157 e. The van der Waals surface area contributed by atoms with Gasteiger partial charge in [-0.15, -0.1) is 0 Å². The van der Waals surface area contributed by atoms with E-state index in [1.54, 1.807) is 0 Å². The zero-order chi connectivity index (χ0) is 9.38. The fourth-order valence-electron chi connectivity index (χ4n) is 3.15. The molecule has 14 heavy (non-hydrogen) atoms. The molecule has 3 aliphatic rings. The third-order valence-corrected chi connectivity index (χ3v) is 3.88. The Labute approximate surface area is 85.3 Å². The van der Waals surface area contributed by atoms with Crippen LogP contribution in [0.4, 0.5) is 0 Å².